The number of rotatable bonds is 7. The van der Waals surface area contributed by atoms with Crippen LogP contribution in [0.2, 0.25) is 0 Å². The molecule has 1 saturated heterocycles. The molecule has 9 nitrogen and oxygen atoms in total. The SMILES string of the molecule is COc1ccc(OC)c([C@H](c2nnnn2C2CCCCC2)N2CCC(C(N)=O)CC2)c1. The monoisotopic (exact) mass is 428 g/mol. The van der Waals surface area contributed by atoms with Gasteiger partial charge in [0.05, 0.1) is 20.3 Å². The van der Waals surface area contributed by atoms with E-state index in [1.807, 2.05) is 22.9 Å². The van der Waals surface area contributed by atoms with Crippen molar-refractivity contribution in [2.24, 2.45) is 11.7 Å². The number of ether oxygens (including phenoxy) is 2. The summed E-state index contributed by atoms with van der Waals surface area (Å²) in [5.41, 5.74) is 6.53. The Labute approximate surface area is 182 Å². The predicted molar refractivity (Wildman–Crippen MR) is 115 cm³/mol. The number of nitrogens with zero attached hydrogens (tertiary/aromatic N) is 5. The molecule has 1 aromatic heterocycles. The number of likely N-dealkylation sites (tertiary alicyclic amines) is 1. The molecule has 2 fully saturated rings. The molecule has 0 radical (unpaired) electrons. The smallest absolute Gasteiger partial charge is 0.220 e. The minimum atomic E-state index is -0.220. The van der Waals surface area contributed by atoms with Crippen molar-refractivity contribution in [2.45, 2.75) is 57.0 Å². The van der Waals surface area contributed by atoms with Gasteiger partial charge in [0, 0.05) is 11.5 Å². The van der Waals surface area contributed by atoms with Crippen molar-refractivity contribution in [3.05, 3.63) is 29.6 Å². The molecule has 0 unspecified atom stereocenters. The molecule has 1 saturated carbocycles. The van der Waals surface area contributed by atoms with Gasteiger partial charge in [-0.05, 0) is 67.4 Å². The Hall–Kier alpha value is -2.68. The number of nitrogens with two attached hydrogens (primary N) is 1. The average molecular weight is 429 g/mol. The lowest BCUT2D eigenvalue weighted by Gasteiger charge is -2.37. The molecule has 0 bridgehead atoms. The van der Waals surface area contributed by atoms with Gasteiger partial charge in [-0.2, -0.15) is 0 Å². The van der Waals surface area contributed by atoms with Crippen molar-refractivity contribution in [1.29, 1.82) is 0 Å². The van der Waals surface area contributed by atoms with E-state index >= 15 is 0 Å². The van der Waals surface area contributed by atoms with Crippen LogP contribution in [0.3, 0.4) is 0 Å². The van der Waals surface area contributed by atoms with Crippen LogP contribution in [0.1, 0.15) is 68.4 Å². The van der Waals surface area contributed by atoms with Crippen LogP contribution in [0.4, 0.5) is 0 Å². The van der Waals surface area contributed by atoms with Crippen LogP contribution >= 0.6 is 0 Å². The molecule has 2 heterocycles. The third-order valence-corrected chi connectivity index (χ3v) is 6.71. The van der Waals surface area contributed by atoms with Crippen molar-refractivity contribution in [3.63, 3.8) is 0 Å². The van der Waals surface area contributed by atoms with Crippen LogP contribution in [0.5, 0.6) is 11.5 Å². The number of primary amides is 1. The summed E-state index contributed by atoms with van der Waals surface area (Å²) in [5, 5.41) is 13.0. The van der Waals surface area contributed by atoms with Gasteiger partial charge >= 0.3 is 0 Å². The number of amides is 1. The lowest BCUT2D eigenvalue weighted by Crippen LogP contribution is -2.42. The number of tetrazole rings is 1. The number of benzene rings is 1. The van der Waals surface area contributed by atoms with E-state index in [-0.39, 0.29) is 17.9 Å². The lowest BCUT2D eigenvalue weighted by atomic mass is 9.92. The highest BCUT2D eigenvalue weighted by Gasteiger charge is 2.35. The fourth-order valence-corrected chi connectivity index (χ4v) is 4.96. The van der Waals surface area contributed by atoms with Gasteiger partial charge < -0.3 is 15.2 Å². The number of carbonyl (C=O) groups is 1. The number of aromatic nitrogens is 4. The molecule has 4 rings (SSSR count). The van der Waals surface area contributed by atoms with Crippen LogP contribution in [0.15, 0.2) is 18.2 Å². The zero-order valence-corrected chi connectivity index (χ0v) is 18.4. The number of piperidine rings is 1. The summed E-state index contributed by atoms with van der Waals surface area (Å²) in [4.78, 5) is 14.0. The normalized spacial score (nSPS) is 19.8. The maximum atomic E-state index is 11.7. The molecule has 1 aliphatic carbocycles. The maximum absolute atomic E-state index is 11.7. The summed E-state index contributed by atoms with van der Waals surface area (Å²) in [7, 11) is 3.33. The average Bonchev–Trinajstić information content (AvgIpc) is 3.29. The van der Waals surface area contributed by atoms with E-state index in [1.54, 1.807) is 14.2 Å². The zero-order chi connectivity index (χ0) is 21.8. The number of hydrogen-bond donors (Lipinski definition) is 1. The Balaban J connectivity index is 1.75. The summed E-state index contributed by atoms with van der Waals surface area (Å²) in [6, 6.07) is 5.93. The zero-order valence-electron chi connectivity index (χ0n) is 18.4. The Bertz CT molecular complexity index is 887. The third-order valence-electron chi connectivity index (χ3n) is 6.71. The van der Waals surface area contributed by atoms with Gasteiger partial charge in [-0.3, -0.25) is 9.69 Å². The van der Waals surface area contributed by atoms with Crippen LogP contribution in [-0.2, 0) is 4.79 Å². The highest BCUT2D eigenvalue weighted by atomic mass is 16.5. The quantitative estimate of drug-likeness (QED) is 0.722. The Morgan fingerprint density at radius 2 is 1.84 bits per heavy atom. The predicted octanol–water partition coefficient (Wildman–Crippen LogP) is 2.48. The second kappa shape index (κ2) is 9.64. The third kappa shape index (κ3) is 4.51. The first-order chi connectivity index (χ1) is 15.1. The molecular formula is C22H32N6O3. The first-order valence-electron chi connectivity index (χ1n) is 11.2. The molecule has 168 valence electrons. The van der Waals surface area contributed by atoms with E-state index in [1.165, 1.54) is 19.3 Å². The van der Waals surface area contributed by atoms with Crippen LogP contribution in [0, 0.1) is 5.92 Å². The van der Waals surface area contributed by atoms with E-state index in [9.17, 15) is 4.79 Å². The molecule has 2 aliphatic rings. The van der Waals surface area contributed by atoms with E-state index in [0.29, 0.717) is 6.04 Å². The standard InChI is InChI=1S/C22H32N6O3/c1-30-17-8-9-19(31-2)18(14-17)20(27-12-10-15(11-13-27)21(23)29)22-24-25-26-28(22)16-6-4-3-5-7-16/h8-9,14-16,20H,3-7,10-13H2,1-2H3,(H2,23,29)/t20-/m1/s1. The number of hydrogen-bond acceptors (Lipinski definition) is 7. The van der Waals surface area contributed by atoms with Gasteiger partial charge in [0.15, 0.2) is 5.82 Å². The minimum absolute atomic E-state index is 0.0848. The fourth-order valence-electron chi connectivity index (χ4n) is 4.96. The van der Waals surface area contributed by atoms with E-state index < -0.39 is 0 Å². The highest BCUT2D eigenvalue weighted by molar-refractivity contribution is 5.76. The first-order valence-corrected chi connectivity index (χ1v) is 11.2. The number of carbonyl (C=O) groups excluding carboxylic acids is 1. The van der Waals surface area contributed by atoms with Gasteiger partial charge in [0.2, 0.25) is 5.91 Å². The van der Waals surface area contributed by atoms with Crippen molar-refractivity contribution in [1.82, 2.24) is 25.1 Å². The highest BCUT2D eigenvalue weighted by Crippen LogP contribution is 2.39. The molecule has 0 spiro atoms. The number of methoxy groups -OCH3 is 2. The maximum Gasteiger partial charge on any atom is 0.220 e. The summed E-state index contributed by atoms with van der Waals surface area (Å²) in [6.07, 6.45) is 7.28. The van der Waals surface area contributed by atoms with E-state index in [4.69, 9.17) is 15.2 Å². The van der Waals surface area contributed by atoms with Crippen molar-refractivity contribution in [3.8, 4) is 11.5 Å². The molecule has 9 heteroatoms. The molecule has 1 aliphatic heterocycles. The molecule has 31 heavy (non-hydrogen) atoms. The van der Waals surface area contributed by atoms with E-state index in [2.05, 4.69) is 20.4 Å². The van der Waals surface area contributed by atoms with Gasteiger partial charge in [-0.25, -0.2) is 4.68 Å². The van der Waals surface area contributed by atoms with Crippen LogP contribution < -0.4 is 15.2 Å². The second-order valence-electron chi connectivity index (χ2n) is 8.50. The van der Waals surface area contributed by atoms with Crippen molar-refractivity contribution < 1.29 is 14.3 Å². The Kier molecular flexibility index (Phi) is 6.70. The largest absolute Gasteiger partial charge is 0.497 e. The molecule has 1 atom stereocenters. The molecule has 2 aromatic rings. The Morgan fingerprint density at radius 1 is 1.10 bits per heavy atom. The van der Waals surface area contributed by atoms with Crippen molar-refractivity contribution in [2.75, 3.05) is 27.3 Å². The Morgan fingerprint density at radius 3 is 2.48 bits per heavy atom. The first kappa shape index (κ1) is 21.5. The summed E-state index contributed by atoms with van der Waals surface area (Å²) < 4.78 is 13.3. The second-order valence-corrected chi connectivity index (χ2v) is 8.50. The van der Waals surface area contributed by atoms with Gasteiger partial charge in [-0.1, -0.05) is 19.3 Å². The molecular weight excluding hydrogens is 396 g/mol. The van der Waals surface area contributed by atoms with E-state index in [0.717, 1.165) is 61.7 Å². The van der Waals surface area contributed by atoms with Gasteiger partial charge in [-0.15, -0.1) is 5.10 Å². The minimum Gasteiger partial charge on any atom is -0.497 e. The molecule has 1 aromatic carbocycles. The summed E-state index contributed by atoms with van der Waals surface area (Å²) in [6.45, 7) is 1.46. The lowest BCUT2D eigenvalue weighted by molar-refractivity contribution is -0.123. The molecule has 2 N–H and O–H groups in total. The summed E-state index contributed by atoms with van der Waals surface area (Å²) >= 11 is 0. The summed E-state index contributed by atoms with van der Waals surface area (Å²) in [5.74, 6) is 2.03. The fraction of sp³-hybridized carbons (Fsp3) is 0.636. The van der Waals surface area contributed by atoms with Gasteiger partial charge in [0.1, 0.15) is 17.5 Å². The van der Waals surface area contributed by atoms with Crippen LogP contribution in [0.25, 0.3) is 0 Å². The van der Waals surface area contributed by atoms with Gasteiger partial charge in [0.25, 0.3) is 0 Å². The van der Waals surface area contributed by atoms with Crippen LogP contribution in [-0.4, -0.2) is 58.3 Å². The van der Waals surface area contributed by atoms with Crippen molar-refractivity contribution >= 4 is 5.91 Å². The molecule has 1 amide bonds. The topological polar surface area (TPSA) is 108 Å².